The van der Waals surface area contributed by atoms with Gasteiger partial charge in [-0.2, -0.15) is 21.6 Å². The highest BCUT2D eigenvalue weighted by Gasteiger charge is 2.49. The zero-order chi connectivity index (χ0) is 24.4. The maximum atomic E-state index is 13.1. The smallest absolute Gasteiger partial charge is 0.493 e. The molecule has 0 aliphatic carbocycles. The predicted molar refractivity (Wildman–Crippen MR) is 113 cm³/mol. The average molecular weight is 488 g/mol. The van der Waals surface area contributed by atoms with Gasteiger partial charge in [-0.3, -0.25) is 0 Å². The lowest BCUT2D eigenvalue weighted by Gasteiger charge is -2.24. The van der Waals surface area contributed by atoms with Crippen LogP contribution in [0.3, 0.4) is 0 Å². The normalized spacial score (nSPS) is 14.8. The monoisotopic (exact) mass is 488 g/mol. The zero-order valence-corrected chi connectivity index (χ0v) is 18.8. The molecule has 0 spiro atoms. The quantitative estimate of drug-likeness (QED) is 0.422. The van der Waals surface area contributed by atoms with Crippen LogP contribution in [0.4, 0.5) is 13.2 Å². The van der Waals surface area contributed by atoms with Gasteiger partial charge in [0, 0.05) is 17.7 Å². The molecule has 0 amide bonds. The average Bonchev–Trinajstić information content (AvgIpc) is 2.74. The molecule has 11 heteroatoms. The van der Waals surface area contributed by atoms with Crippen LogP contribution in [0, 0.1) is 6.92 Å². The second-order valence-electron chi connectivity index (χ2n) is 7.52. The number of aryl methyl sites for hydroxylation is 2. The van der Waals surface area contributed by atoms with Crippen LogP contribution in [-0.4, -0.2) is 38.2 Å². The summed E-state index contributed by atoms with van der Waals surface area (Å²) < 4.78 is 78.3. The van der Waals surface area contributed by atoms with Gasteiger partial charge in [-0.15, -0.1) is 0 Å². The van der Waals surface area contributed by atoms with E-state index in [9.17, 15) is 31.5 Å². The summed E-state index contributed by atoms with van der Waals surface area (Å²) in [5.74, 6) is -1.41. The third kappa shape index (κ3) is 5.25. The number of carbonyl (C=O) groups is 1. The molecule has 2 aromatic carbocycles. The topological polar surface area (TPSA) is 99.1 Å². The SMILES string of the molecule is CCCOC(C(=O)O)c1c(C)ccc(OS(=O)(=O)C(F)(F)F)c1-c1ccc2c(c1)CCCO2. The summed E-state index contributed by atoms with van der Waals surface area (Å²) in [4.78, 5) is 12.0. The molecule has 0 bridgehead atoms. The first-order valence-electron chi connectivity index (χ1n) is 10.2. The highest BCUT2D eigenvalue weighted by atomic mass is 32.2. The lowest BCUT2D eigenvalue weighted by molar-refractivity contribution is -0.150. The van der Waals surface area contributed by atoms with E-state index in [-0.39, 0.29) is 23.3 Å². The minimum atomic E-state index is -6.00. The molecule has 0 saturated heterocycles. The van der Waals surface area contributed by atoms with E-state index in [1.807, 2.05) is 0 Å². The second-order valence-corrected chi connectivity index (χ2v) is 9.05. The van der Waals surface area contributed by atoms with Gasteiger partial charge in [0.2, 0.25) is 0 Å². The number of carboxylic acids is 1. The molecule has 1 atom stereocenters. The second kappa shape index (κ2) is 9.60. The summed E-state index contributed by atoms with van der Waals surface area (Å²) in [6.45, 7) is 3.92. The third-order valence-electron chi connectivity index (χ3n) is 5.08. The van der Waals surface area contributed by atoms with E-state index < -0.39 is 33.4 Å². The van der Waals surface area contributed by atoms with Gasteiger partial charge >= 0.3 is 21.6 Å². The highest BCUT2D eigenvalue weighted by molar-refractivity contribution is 7.88. The number of fused-ring (bicyclic) bond motifs is 1. The van der Waals surface area contributed by atoms with Crippen LogP contribution in [0.15, 0.2) is 30.3 Å². The Kier molecular flexibility index (Phi) is 7.23. The molecule has 1 unspecified atom stereocenters. The first kappa shape index (κ1) is 24.8. The molecule has 180 valence electrons. The molecule has 1 heterocycles. The Labute approximate surface area is 189 Å². The van der Waals surface area contributed by atoms with Crippen molar-refractivity contribution >= 4 is 16.1 Å². The molecule has 1 aliphatic rings. The minimum Gasteiger partial charge on any atom is -0.493 e. The highest BCUT2D eigenvalue weighted by Crippen LogP contribution is 2.43. The van der Waals surface area contributed by atoms with Crippen LogP contribution in [0.1, 0.15) is 42.6 Å². The van der Waals surface area contributed by atoms with Crippen LogP contribution in [0.2, 0.25) is 0 Å². The summed E-state index contributed by atoms with van der Waals surface area (Å²) >= 11 is 0. The number of ether oxygens (including phenoxy) is 2. The van der Waals surface area contributed by atoms with Gasteiger partial charge in [0.15, 0.2) is 11.9 Å². The molecule has 0 saturated carbocycles. The lowest BCUT2D eigenvalue weighted by Crippen LogP contribution is -2.28. The van der Waals surface area contributed by atoms with E-state index in [1.54, 1.807) is 26.0 Å². The first-order chi connectivity index (χ1) is 15.5. The fourth-order valence-electron chi connectivity index (χ4n) is 3.60. The molecule has 2 aromatic rings. The van der Waals surface area contributed by atoms with Crippen molar-refractivity contribution in [1.82, 2.24) is 0 Å². The van der Waals surface area contributed by atoms with Crippen LogP contribution in [0.25, 0.3) is 11.1 Å². The van der Waals surface area contributed by atoms with Crippen molar-refractivity contribution in [3.05, 3.63) is 47.0 Å². The van der Waals surface area contributed by atoms with Crippen molar-refractivity contribution in [2.45, 2.75) is 44.7 Å². The Morgan fingerprint density at radius 1 is 1.24 bits per heavy atom. The molecule has 33 heavy (non-hydrogen) atoms. The van der Waals surface area contributed by atoms with E-state index in [4.69, 9.17) is 9.47 Å². The van der Waals surface area contributed by atoms with Gasteiger partial charge < -0.3 is 18.8 Å². The van der Waals surface area contributed by atoms with Crippen molar-refractivity contribution in [2.24, 2.45) is 0 Å². The van der Waals surface area contributed by atoms with Gasteiger partial charge in [0.1, 0.15) is 5.75 Å². The fraction of sp³-hybridized carbons (Fsp3) is 0.409. The molecule has 7 nitrogen and oxygen atoms in total. The molecule has 3 rings (SSSR count). The molecule has 0 fully saturated rings. The molecule has 0 aromatic heterocycles. The zero-order valence-electron chi connectivity index (χ0n) is 17.9. The minimum absolute atomic E-state index is 0.0162. The van der Waals surface area contributed by atoms with Crippen LogP contribution < -0.4 is 8.92 Å². The van der Waals surface area contributed by atoms with Gasteiger partial charge in [-0.1, -0.05) is 19.1 Å². The van der Waals surface area contributed by atoms with Crippen molar-refractivity contribution in [2.75, 3.05) is 13.2 Å². The fourth-order valence-corrected chi connectivity index (χ4v) is 4.07. The number of halogens is 3. The summed E-state index contributed by atoms with van der Waals surface area (Å²) in [5, 5.41) is 9.81. The Morgan fingerprint density at radius 2 is 1.97 bits per heavy atom. The van der Waals surface area contributed by atoms with Crippen molar-refractivity contribution in [1.29, 1.82) is 0 Å². The standard InChI is InChI=1S/C22H23F3O7S/c1-3-10-31-20(21(26)27)18-13(2)6-8-17(32-33(28,29)22(23,24)25)19(18)15-7-9-16-14(12-15)5-4-11-30-16/h6-9,12,20H,3-5,10-11H2,1-2H3,(H,26,27). The van der Waals surface area contributed by atoms with Crippen molar-refractivity contribution in [3.8, 4) is 22.6 Å². The Bertz CT molecular complexity index is 1140. The van der Waals surface area contributed by atoms with E-state index in [2.05, 4.69) is 4.18 Å². The number of hydrogen-bond donors (Lipinski definition) is 1. The summed E-state index contributed by atoms with van der Waals surface area (Å²) in [5.41, 5.74) is -4.31. The Hall–Kier alpha value is -2.79. The maximum Gasteiger partial charge on any atom is 0.534 e. The largest absolute Gasteiger partial charge is 0.534 e. The van der Waals surface area contributed by atoms with Gasteiger partial charge in [-0.25, -0.2) is 4.79 Å². The van der Waals surface area contributed by atoms with E-state index in [1.165, 1.54) is 12.1 Å². The van der Waals surface area contributed by atoms with E-state index in [0.717, 1.165) is 18.1 Å². The van der Waals surface area contributed by atoms with Gasteiger partial charge in [-0.05, 0) is 61.1 Å². The van der Waals surface area contributed by atoms with Crippen molar-refractivity contribution in [3.63, 3.8) is 0 Å². The Balaban J connectivity index is 2.28. The van der Waals surface area contributed by atoms with Crippen LogP contribution >= 0.6 is 0 Å². The van der Waals surface area contributed by atoms with E-state index >= 15 is 0 Å². The molecular weight excluding hydrogens is 465 g/mol. The number of rotatable bonds is 8. The maximum absolute atomic E-state index is 13.1. The first-order valence-corrected chi connectivity index (χ1v) is 11.6. The van der Waals surface area contributed by atoms with Gasteiger partial charge in [0.25, 0.3) is 0 Å². The van der Waals surface area contributed by atoms with E-state index in [0.29, 0.717) is 30.8 Å². The number of alkyl halides is 3. The van der Waals surface area contributed by atoms with Crippen LogP contribution in [-0.2, 0) is 26.1 Å². The third-order valence-corrected chi connectivity index (χ3v) is 6.05. The van der Waals surface area contributed by atoms with Crippen molar-refractivity contribution < 1.29 is 45.1 Å². The Morgan fingerprint density at radius 3 is 2.61 bits per heavy atom. The van der Waals surface area contributed by atoms with Crippen LogP contribution in [0.5, 0.6) is 11.5 Å². The predicted octanol–water partition coefficient (Wildman–Crippen LogP) is 4.77. The number of aliphatic carboxylic acids is 1. The molecule has 1 N–H and O–H groups in total. The van der Waals surface area contributed by atoms with Gasteiger partial charge in [0.05, 0.1) is 6.61 Å². The lowest BCUT2D eigenvalue weighted by atomic mass is 9.89. The summed E-state index contributed by atoms with van der Waals surface area (Å²) in [6.07, 6.45) is 0.299. The molecule has 0 radical (unpaired) electrons. The molecular formula is C22H23F3O7S. The summed E-state index contributed by atoms with van der Waals surface area (Å²) in [7, 11) is -6.00. The summed E-state index contributed by atoms with van der Waals surface area (Å²) in [6, 6.07) is 7.15. The number of benzene rings is 2. The molecule has 1 aliphatic heterocycles. The number of hydrogen-bond acceptors (Lipinski definition) is 6. The number of carboxylic acid groups (broad SMARTS) is 1.